The number of amides is 2. The number of rotatable bonds is 10. The van der Waals surface area contributed by atoms with E-state index in [2.05, 4.69) is 10.0 Å². The van der Waals surface area contributed by atoms with E-state index in [1.54, 1.807) is 14.4 Å². The Labute approximate surface area is 236 Å². The van der Waals surface area contributed by atoms with Gasteiger partial charge < -0.3 is 15.1 Å². The summed E-state index contributed by atoms with van der Waals surface area (Å²) in [5.74, 6) is -0.223. The van der Waals surface area contributed by atoms with Crippen molar-refractivity contribution in [1.29, 1.82) is 0 Å². The van der Waals surface area contributed by atoms with Gasteiger partial charge in [-0.3, -0.25) is 18.7 Å². The Kier molecular flexibility index (Phi) is 9.85. The second kappa shape index (κ2) is 13.1. The average molecular weight is 575 g/mol. The number of aromatic nitrogens is 2. The minimum atomic E-state index is -3.43. The molecule has 2 fully saturated rings. The lowest BCUT2D eigenvalue weighted by atomic mass is 10.0. The van der Waals surface area contributed by atoms with Crippen LogP contribution < -0.4 is 15.7 Å². The van der Waals surface area contributed by atoms with Crippen molar-refractivity contribution in [3.05, 3.63) is 46.5 Å². The van der Waals surface area contributed by atoms with Crippen molar-refractivity contribution in [3.8, 4) is 11.3 Å². The molecule has 2 aromatic rings. The fourth-order valence-corrected chi connectivity index (χ4v) is 7.08. The van der Waals surface area contributed by atoms with Gasteiger partial charge in [-0.25, -0.2) is 17.9 Å². The standard InChI is InChI=1S/C28H42N6O5S/c1-21(2)20-40(38,39)30-12-8-16-33-26(27(36)31-17-13-29-14-18-31)25(23-9-5-4-6-10-23)34(28(33)37)24-11-7-15-32(19-24)22(3)35/h4-6,9-10,21,24,29-30H,7-8,11-20H2,1-3H3. The Morgan fingerprint density at radius 2 is 1.77 bits per heavy atom. The van der Waals surface area contributed by atoms with Crippen molar-refractivity contribution in [2.45, 2.75) is 52.6 Å². The number of hydrogen-bond acceptors (Lipinski definition) is 6. The summed E-state index contributed by atoms with van der Waals surface area (Å²) in [5.41, 5.74) is 1.33. The second-order valence-corrected chi connectivity index (χ2v) is 12.9. The number of carbonyl (C=O) groups is 2. The number of nitrogens with one attached hydrogen (secondary N) is 2. The number of piperidine rings is 1. The molecular weight excluding hydrogens is 532 g/mol. The van der Waals surface area contributed by atoms with E-state index >= 15 is 0 Å². The maximum atomic E-state index is 14.2. The lowest BCUT2D eigenvalue weighted by Gasteiger charge is -2.33. The molecule has 12 heteroatoms. The lowest BCUT2D eigenvalue weighted by molar-refractivity contribution is -0.130. The molecule has 11 nitrogen and oxygen atoms in total. The van der Waals surface area contributed by atoms with Gasteiger partial charge in [0.2, 0.25) is 15.9 Å². The van der Waals surface area contributed by atoms with E-state index in [4.69, 9.17) is 0 Å². The number of carbonyl (C=O) groups excluding carboxylic acids is 2. The van der Waals surface area contributed by atoms with Gasteiger partial charge in [0.1, 0.15) is 5.69 Å². The van der Waals surface area contributed by atoms with Gasteiger partial charge >= 0.3 is 5.69 Å². The van der Waals surface area contributed by atoms with E-state index in [9.17, 15) is 22.8 Å². The van der Waals surface area contributed by atoms with Gasteiger partial charge in [0, 0.05) is 64.8 Å². The third kappa shape index (κ3) is 7.02. The molecule has 2 aliphatic rings. The van der Waals surface area contributed by atoms with Crippen LogP contribution in [0.25, 0.3) is 11.3 Å². The topological polar surface area (TPSA) is 126 Å². The van der Waals surface area contributed by atoms with Crippen molar-refractivity contribution in [2.24, 2.45) is 5.92 Å². The van der Waals surface area contributed by atoms with E-state index < -0.39 is 10.0 Å². The molecule has 4 rings (SSSR count). The highest BCUT2D eigenvalue weighted by Gasteiger charge is 2.34. The SMILES string of the molecule is CC(=O)N1CCCC(n2c(-c3ccccc3)c(C(=O)N3CCNCC3)n(CCCNS(=O)(=O)CC(C)C)c2=O)C1. The normalized spacial score (nSPS) is 18.4. The van der Waals surface area contributed by atoms with Gasteiger partial charge in [-0.1, -0.05) is 44.2 Å². The third-order valence-corrected chi connectivity index (χ3v) is 9.22. The molecule has 1 aromatic heterocycles. The predicted molar refractivity (Wildman–Crippen MR) is 155 cm³/mol. The van der Waals surface area contributed by atoms with Crippen LogP contribution in [-0.4, -0.2) is 90.7 Å². The highest BCUT2D eigenvalue weighted by Crippen LogP contribution is 2.31. The monoisotopic (exact) mass is 574 g/mol. The van der Waals surface area contributed by atoms with Gasteiger partial charge in [0.05, 0.1) is 17.5 Å². The van der Waals surface area contributed by atoms with E-state index in [-0.39, 0.29) is 48.3 Å². The maximum absolute atomic E-state index is 14.2. The molecule has 0 radical (unpaired) electrons. The summed E-state index contributed by atoms with van der Waals surface area (Å²) in [6, 6.07) is 9.17. The number of piperazine rings is 1. The van der Waals surface area contributed by atoms with Gasteiger partial charge in [0.15, 0.2) is 0 Å². The molecule has 1 atom stereocenters. The van der Waals surface area contributed by atoms with E-state index in [0.717, 1.165) is 12.0 Å². The zero-order valence-electron chi connectivity index (χ0n) is 23.8. The predicted octanol–water partition coefficient (Wildman–Crippen LogP) is 1.51. The first kappa shape index (κ1) is 30.0. The van der Waals surface area contributed by atoms with Crippen LogP contribution in [-0.2, 0) is 21.4 Å². The first-order valence-corrected chi connectivity index (χ1v) is 15.9. The Bertz CT molecular complexity index is 1350. The molecule has 40 heavy (non-hydrogen) atoms. The molecule has 220 valence electrons. The van der Waals surface area contributed by atoms with Crippen LogP contribution >= 0.6 is 0 Å². The molecule has 2 aliphatic heterocycles. The molecule has 1 unspecified atom stereocenters. The number of sulfonamides is 1. The Morgan fingerprint density at radius 3 is 2.42 bits per heavy atom. The average Bonchev–Trinajstić information content (AvgIpc) is 3.22. The molecule has 2 saturated heterocycles. The number of likely N-dealkylation sites (tertiary alicyclic amines) is 1. The van der Waals surface area contributed by atoms with Crippen molar-refractivity contribution in [2.75, 3.05) is 51.6 Å². The molecule has 1 aromatic carbocycles. The zero-order chi connectivity index (χ0) is 28.9. The Hall–Kier alpha value is -2.96. The van der Waals surface area contributed by atoms with Crippen molar-refractivity contribution < 1.29 is 18.0 Å². The molecule has 0 spiro atoms. The number of nitrogens with zero attached hydrogens (tertiary/aromatic N) is 4. The van der Waals surface area contributed by atoms with Crippen molar-refractivity contribution in [3.63, 3.8) is 0 Å². The molecule has 3 heterocycles. The minimum Gasteiger partial charge on any atom is -0.341 e. The largest absolute Gasteiger partial charge is 0.341 e. The van der Waals surface area contributed by atoms with Crippen LogP contribution in [0.2, 0.25) is 0 Å². The second-order valence-electron chi connectivity index (χ2n) is 11.1. The van der Waals surface area contributed by atoms with Gasteiger partial charge in [-0.15, -0.1) is 0 Å². The summed E-state index contributed by atoms with van der Waals surface area (Å²) < 4.78 is 30.6. The van der Waals surface area contributed by atoms with E-state index in [1.165, 1.54) is 11.5 Å². The van der Waals surface area contributed by atoms with Crippen molar-refractivity contribution >= 4 is 21.8 Å². The molecule has 2 amide bonds. The fourth-order valence-electron chi connectivity index (χ4n) is 5.63. The molecule has 0 aliphatic carbocycles. The minimum absolute atomic E-state index is 0.00380. The molecule has 0 bridgehead atoms. The zero-order valence-corrected chi connectivity index (χ0v) is 24.6. The summed E-state index contributed by atoms with van der Waals surface area (Å²) in [6.45, 7) is 9.03. The number of benzene rings is 1. The van der Waals surface area contributed by atoms with Gasteiger partial charge in [-0.2, -0.15) is 0 Å². The van der Waals surface area contributed by atoms with E-state index in [1.807, 2.05) is 44.2 Å². The van der Waals surface area contributed by atoms with Crippen LogP contribution in [0.1, 0.15) is 56.6 Å². The van der Waals surface area contributed by atoms with Crippen molar-refractivity contribution in [1.82, 2.24) is 29.0 Å². The number of imidazole rings is 1. The fraction of sp³-hybridized carbons (Fsp3) is 0.607. The van der Waals surface area contributed by atoms with Gasteiger partial charge in [-0.05, 0) is 25.2 Å². The highest BCUT2D eigenvalue weighted by molar-refractivity contribution is 7.89. The molecule has 0 saturated carbocycles. The summed E-state index contributed by atoms with van der Waals surface area (Å²) in [7, 11) is -3.43. The lowest BCUT2D eigenvalue weighted by Crippen LogP contribution is -2.47. The summed E-state index contributed by atoms with van der Waals surface area (Å²) >= 11 is 0. The summed E-state index contributed by atoms with van der Waals surface area (Å²) in [4.78, 5) is 44.0. The molecule has 2 N–H and O–H groups in total. The quantitative estimate of drug-likeness (QED) is 0.415. The van der Waals surface area contributed by atoms with Crippen LogP contribution in [0.15, 0.2) is 35.1 Å². The maximum Gasteiger partial charge on any atom is 0.329 e. The summed E-state index contributed by atoms with van der Waals surface area (Å²) in [5, 5.41) is 3.26. The van der Waals surface area contributed by atoms with Crippen LogP contribution in [0.3, 0.4) is 0 Å². The first-order valence-electron chi connectivity index (χ1n) is 14.2. The summed E-state index contributed by atoms with van der Waals surface area (Å²) in [6.07, 6.45) is 1.82. The third-order valence-electron chi connectivity index (χ3n) is 7.47. The van der Waals surface area contributed by atoms with Crippen LogP contribution in [0.4, 0.5) is 0 Å². The Balaban J connectivity index is 1.77. The van der Waals surface area contributed by atoms with E-state index in [0.29, 0.717) is 63.5 Å². The highest BCUT2D eigenvalue weighted by atomic mass is 32.2. The first-order chi connectivity index (χ1) is 19.1. The van der Waals surface area contributed by atoms with Crippen LogP contribution in [0, 0.1) is 5.92 Å². The molecular formula is C28H42N6O5S. The smallest absolute Gasteiger partial charge is 0.329 e. The van der Waals surface area contributed by atoms with Crippen LogP contribution in [0.5, 0.6) is 0 Å². The Morgan fingerprint density at radius 1 is 1.07 bits per heavy atom. The van der Waals surface area contributed by atoms with Gasteiger partial charge in [0.25, 0.3) is 5.91 Å². The number of hydrogen-bond donors (Lipinski definition) is 2.